The first-order valence-electron chi connectivity index (χ1n) is 15.0. The maximum Gasteiger partial charge on any atom is 0.0507 e. The van der Waals surface area contributed by atoms with Gasteiger partial charge in [-0.2, -0.15) is 0 Å². The average Bonchev–Trinajstić information content (AvgIpc) is 3.80. The normalized spacial score (nSPS) is 15.9. The Hall–Kier alpha value is -2.58. The molecule has 6 heterocycles. The second-order valence-corrected chi connectivity index (χ2v) is 20.2. The van der Waals surface area contributed by atoms with E-state index in [0.29, 0.717) is 0 Å². The molecule has 2 aliphatic carbocycles. The predicted octanol–water partition coefficient (Wildman–Crippen LogP) is 14.1. The molecular formula is C38H28S6. The van der Waals surface area contributed by atoms with Gasteiger partial charge in [0, 0.05) is 59.2 Å². The van der Waals surface area contributed by atoms with Gasteiger partial charge in [-0.1, -0.05) is 27.7 Å². The highest BCUT2D eigenvalue weighted by molar-refractivity contribution is 7.32. The van der Waals surface area contributed by atoms with E-state index in [9.17, 15) is 0 Å². The third-order valence-electron chi connectivity index (χ3n) is 9.89. The molecule has 0 fully saturated rings. The second kappa shape index (κ2) is 8.61. The average molecular weight is 677 g/mol. The van der Waals surface area contributed by atoms with Crippen LogP contribution in [0.15, 0.2) is 60.7 Å². The van der Waals surface area contributed by atoms with Crippen LogP contribution in [0.1, 0.15) is 59.7 Å². The highest BCUT2D eigenvalue weighted by Crippen LogP contribution is 2.64. The molecule has 0 amide bonds. The highest BCUT2D eigenvalue weighted by Gasteiger charge is 2.45. The van der Waals surface area contributed by atoms with Crippen LogP contribution >= 0.6 is 68.0 Å². The van der Waals surface area contributed by atoms with Gasteiger partial charge in [0.05, 0.1) is 9.40 Å². The van der Waals surface area contributed by atoms with Crippen LogP contribution in [0.5, 0.6) is 0 Å². The molecule has 0 spiro atoms. The van der Waals surface area contributed by atoms with E-state index in [0.717, 1.165) is 0 Å². The molecule has 0 nitrogen and oxygen atoms in total. The van der Waals surface area contributed by atoms with E-state index < -0.39 is 0 Å². The molecule has 0 aliphatic heterocycles. The minimum absolute atomic E-state index is 0.0165. The lowest BCUT2D eigenvalue weighted by Gasteiger charge is -2.22. The fourth-order valence-electron chi connectivity index (χ4n) is 7.68. The van der Waals surface area contributed by atoms with Gasteiger partial charge in [-0.25, -0.2) is 0 Å². The van der Waals surface area contributed by atoms with Gasteiger partial charge in [0.25, 0.3) is 0 Å². The molecule has 0 unspecified atom stereocenters. The Balaban J connectivity index is 1.14. The van der Waals surface area contributed by atoms with Crippen molar-refractivity contribution >= 4 is 97.6 Å². The summed E-state index contributed by atoms with van der Waals surface area (Å²) >= 11 is 11.8. The molecule has 0 N–H and O–H groups in total. The number of aryl methyl sites for hydroxylation is 2. The third-order valence-corrected chi connectivity index (χ3v) is 17.1. The quantitative estimate of drug-likeness (QED) is 0.171. The number of hydrogen-bond acceptors (Lipinski definition) is 6. The van der Waals surface area contributed by atoms with Crippen molar-refractivity contribution in [2.75, 3.05) is 0 Å². The molecule has 0 saturated carbocycles. The van der Waals surface area contributed by atoms with Crippen LogP contribution in [0.3, 0.4) is 0 Å². The fraction of sp³-hybridized carbons (Fsp3) is 0.211. The Kier molecular flexibility index (Phi) is 5.21. The third kappa shape index (κ3) is 3.37. The largest absolute Gasteiger partial charge is 0.140 e. The van der Waals surface area contributed by atoms with Crippen molar-refractivity contribution in [1.82, 2.24) is 0 Å². The van der Waals surface area contributed by atoms with E-state index >= 15 is 0 Å². The van der Waals surface area contributed by atoms with E-state index in [1.807, 2.05) is 45.3 Å². The fourth-order valence-corrected chi connectivity index (χ4v) is 15.3. The van der Waals surface area contributed by atoms with Gasteiger partial charge in [0.15, 0.2) is 0 Å². The van der Waals surface area contributed by atoms with Crippen LogP contribution in [0.25, 0.3) is 70.0 Å². The summed E-state index contributed by atoms with van der Waals surface area (Å²) in [6.07, 6.45) is 0. The van der Waals surface area contributed by atoms with Crippen molar-refractivity contribution in [2.45, 2.75) is 52.4 Å². The molecule has 8 aromatic rings. The van der Waals surface area contributed by atoms with E-state index in [-0.39, 0.29) is 10.8 Å². The van der Waals surface area contributed by atoms with Gasteiger partial charge in [0.1, 0.15) is 0 Å². The lowest BCUT2D eigenvalue weighted by atomic mass is 9.81. The summed E-state index contributed by atoms with van der Waals surface area (Å²) in [6.45, 7) is 14.2. The highest BCUT2D eigenvalue weighted by atomic mass is 32.1. The van der Waals surface area contributed by atoms with Crippen LogP contribution < -0.4 is 0 Å². The zero-order chi connectivity index (χ0) is 29.9. The summed E-state index contributed by atoms with van der Waals surface area (Å²) in [5, 5.41) is 2.76. The van der Waals surface area contributed by atoms with Crippen LogP contribution in [-0.4, -0.2) is 0 Å². The number of benzene rings is 2. The standard InChI is InChI=1S/C38H28S6/c1-17-7-9-25(39-17)29-13-19-11-21-23(15-27(19)41-29)37(3,4)31-33(21)43-36-32-34(44-35(31)36)22-12-20-14-30(26-10-8-18(2)40-26)42-28(20)16-24(22)38(32,5)6/h7-16H,1-6H3. The summed E-state index contributed by atoms with van der Waals surface area (Å²) < 4.78 is 5.86. The van der Waals surface area contributed by atoms with Gasteiger partial charge < -0.3 is 0 Å². The smallest absolute Gasteiger partial charge is 0.0507 e. The molecule has 0 bridgehead atoms. The van der Waals surface area contributed by atoms with Crippen LogP contribution in [-0.2, 0) is 10.8 Å². The zero-order valence-electron chi connectivity index (χ0n) is 25.2. The van der Waals surface area contributed by atoms with Crippen LogP contribution in [0, 0.1) is 13.8 Å². The summed E-state index contributed by atoms with van der Waals surface area (Å²) in [5.74, 6) is 0. The molecular weight excluding hydrogens is 649 g/mol. The minimum Gasteiger partial charge on any atom is -0.140 e. The summed E-state index contributed by atoms with van der Waals surface area (Å²) in [7, 11) is 0. The summed E-state index contributed by atoms with van der Waals surface area (Å²) in [4.78, 5) is 11.3. The number of hydrogen-bond donors (Lipinski definition) is 0. The minimum atomic E-state index is -0.0165. The summed E-state index contributed by atoms with van der Waals surface area (Å²) in [5.41, 5.74) is 8.98. The summed E-state index contributed by atoms with van der Waals surface area (Å²) in [6, 6.07) is 23.9. The van der Waals surface area contributed by atoms with Crippen LogP contribution in [0.2, 0.25) is 0 Å². The zero-order valence-corrected chi connectivity index (χ0v) is 30.1. The number of fused-ring (bicyclic) bond motifs is 11. The molecule has 6 aromatic heterocycles. The molecule has 216 valence electrons. The molecule has 6 heteroatoms. The van der Waals surface area contributed by atoms with Crippen molar-refractivity contribution in [3.05, 3.63) is 92.7 Å². The SMILES string of the molecule is Cc1ccc(-c2cc3cc4c(cc3s2)C(C)(C)c2c-4sc3c4c(sc23)-c2cc3cc(-c5ccc(C)s5)sc3cc2C4(C)C)s1. The van der Waals surface area contributed by atoms with Crippen molar-refractivity contribution in [3.8, 4) is 40.4 Å². The van der Waals surface area contributed by atoms with Gasteiger partial charge in [0.2, 0.25) is 0 Å². The number of thiophene rings is 6. The van der Waals surface area contributed by atoms with E-state index in [1.54, 1.807) is 11.1 Å². The number of rotatable bonds is 2. The maximum absolute atomic E-state index is 2.51. The Bertz CT molecular complexity index is 2350. The topological polar surface area (TPSA) is 0 Å². The van der Waals surface area contributed by atoms with E-state index in [2.05, 4.69) is 125 Å². The molecule has 44 heavy (non-hydrogen) atoms. The molecule has 0 saturated heterocycles. The van der Waals surface area contributed by atoms with E-state index in [4.69, 9.17) is 0 Å². The predicted molar refractivity (Wildman–Crippen MR) is 202 cm³/mol. The monoisotopic (exact) mass is 676 g/mol. The van der Waals surface area contributed by atoms with Gasteiger partial charge in [-0.15, -0.1) is 68.0 Å². The van der Waals surface area contributed by atoms with Gasteiger partial charge >= 0.3 is 0 Å². The Morgan fingerprint density at radius 2 is 0.886 bits per heavy atom. The first-order valence-corrected chi connectivity index (χ1v) is 19.9. The van der Waals surface area contributed by atoms with Crippen molar-refractivity contribution in [3.63, 3.8) is 0 Å². The van der Waals surface area contributed by atoms with Gasteiger partial charge in [-0.05, 0) is 119 Å². The van der Waals surface area contributed by atoms with Crippen molar-refractivity contribution in [2.24, 2.45) is 0 Å². The maximum atomic E-state index is 2.51. The molecule has 0 radical (unpaired) electrons. The molecule has 2 aromatic carbocycles. The van der Waals surface area contributed by atoms with E-state index in [1.165, 1.54) is 90.8 Å². The molecule has 2 aliphatic rings. The second-order valence-electron chi connectivity index (χ2n) is 13.4. The van der Waals surface area contributed by atoms with Crippen molar-refractivity contribution < 1.29 is 0 Å². The van der Waals surface area contributed by atoms with Crippen LogP contribution in [0.4, 0.5) is 0 Å². The Labute approximate surface area is 280 Å². The van der Waals surface area contributed by atoms with Gasteiger partial charge in [-0.3, -0.25) is 0 Å². The Morgan fingerprint density at radius 1 is 0.455 bits per heavy atom. The molecule has 10 rings (SSSR count). The lowest BCUT2D eigenvalue weighted by Crippen LogP contribution is -2.15. The Morgan fingerprint density at radius 3 is 1.27 bits per heavy atom. The first-order chi connectivity index (χ1) is 21.1. The lowest BCUT2D eigenvalue weighted by molar-refractivity contribution is 0.666. The van der Waals surface area contributed by atoms with Crippen molar-refractivity contribution in [1.29, 1.82) is 0 Å². The first kappa shape index (κ1) is 26.6. The molecule has 0 atom stereocenters.